The predicted molar refractivity (Wildman–Crippen MR) is 120 cm³/mol. The quantitative estimate of drug-likeness (QED) is 0.295. The molecular formula is C20H26F2IN3O3. The summed E-state index contributed by atoms with van der Waals surface area (Å²) < 4.78 is 40.4. The molecule has 2 aromatic carbocycles. The molecule has 6 nitrogen and oxygen atoms in total. The summed E-state index contributed by atoms with van der Waals surface area (Å²) in [4.78, 5) is 4.15. The number of ether oxygens (including phenoxy) is 3. The standard InChI is InChI=1S/C20H25F2N3O3.HI/c1-4-27-17-10-9-14(11-18(17)26-3)12-24-20(23-2)25-13-15-7-5-6-8-16(15)28-19(21)22;/h5-11,19H,4,12-13H2,1-3H3,(H2,23,24,25);1H. The number of benzene rings is 2. The smallest absolute Gasteiger partial charge is 0.387 e. The topological polar surface area (TPSA) is 64.1 Å². The van der Waals surface area contributed by atoms with E-state index < -0.39 is 6.61 Å². The van der Waals surface area contributed by atoms with E-state index in [1.807, 2.05) is 25.1 Å². The fraction of sp³-hybridized carbons (Fsp3) is 0.350. The van der Waals surface area contributed by atoms with Gasteiger partial charge in [0.25, 0.3) is 0 Å². The molecule has 0 unspecified atom stereocenters. The van der Waals surface area contributed by atoms with E-state index in [9.17, 15) is 8.78 Å². The molecule has 0 atom stereocenters. The van der Waals surface area contributed by atoms with Crippen LogP contribution in [0.2, 0.25) is 0 Å². The van der Waals surface area contributed by atoms with Gasteiger partial charge >= 0.3 is 6.61 Å². The third-order valence-electron chi connectivity index (χ3n) is 3.85. The van der Waals surface area contributed by atoms with Gasteiger partial charge in [0.15, 0.2) is 17.5 Å². The average molecular weight is 521 g/mol. The highest BCUT2D eigenvalue weighted by Gasteiger charge is 2.10. The number of methoxy groups -OCH3 is 1. The van der Waals surface area contributed by atoms with Crippen LogP contribution in [0.3, 0.4) is 0 Å². The minimum absolute atomic E-state index is 0. The lowest BCUT2D eigenvalue weighted by atomic mass is 10.2. The van der Waals surface area contributed by atoms with Crippen LogP contribution in [0, 0.1) is 0 Å². The van der Waals surface area contributed by atoms with Gasteiger partial charge in [0.1, 0.15) is 5.75 Å². The zero-order valence-electron chi connectivity index (χ0n) is 16.6. The van der Waals surface area contributed by atoms with Gasteiger partial charge in [0.05, 0.1) is 13.7 Å². The fourth-order valence-electron chi connectivity index (χ4n) is 2.54. The van der Waals surface area contributed by atoms with E-state index in [1.54, 1.807) is 32.4 Å². The number of alkyl halides is 2. The number of nitrogens with zero attached hydrogens (tertiary/aromatic N) is 1. The first-order chi connectivity index (χ1) is 13.6. The van der Waals surface area contributed by atoms with Crippen molar-refractivity contribution in [2.45, 2.75) is 26.6 Å². The molecule has 0 saturated carbocycles. The number of hydrogen-bond acceptors (Lipinski definition) is 4. The van der Waals surface area contributed by atoms with Crippen molar-refractivity contribution >= 4 is 29.9 Å². The molecular weight excluding hydrogens is 495 g/mol. The molecule has 2 rings (SSSR count). The predicted octanol–water partition coefficient (Wildman–Crippen LogP) is 4.18. The Morgan fingerprint density at radius 1 is 1.03 bits per heavy atom. The zero-order valence-corrected chi connectivity index (χ0v) is 18.9. The van der Waals surface area contributed by atoms with Crippen LogP contribution in [0.4, 0.5) is 8.78 Å². The molecule has 0 fully saturated rings. The lowest BCUT2D eigenvalue weighted by Gasteiger charge is -2.15. The Labute approximate surface area is 186 Å². The molecule has 29 heavy (non-hydrogen) atoms. The summed E-state index contributed by atoms with van der Waals surface area (Å²) >= 11 is 0. The molecule has 0 heterocycles. The second-order valence-corrected chi connectivity index (χ2v) is 5.68. The molecule has 0 aliphatic heterocycles. The fourth-order valence-corrected chi connectivity index (χ4v) is 2.54. The Morgan fingerprint density at radius 2 is 1.76 bits per heavy atom. The SMILES string of the molecule is CCOc1ccc(CNC(=NC)NCc2ccccc2OC(F)F)cc1OC.I. The molecule has 0 aliphatic carbocycles. The maximum absolute atomic E-state index is 12.5. The van der Waals surface area contributed by atoms with Crippen molar-refractivity contribution in [1.29, 1.82) is 0 Å². The van der Waals surface area contributed by atoms with E-state index in [0.717, 1.165) is 5.56 Å². The van der Waals surface area contributed by atoms with Gasteiger partial charge in [-0.1, -0.05) is 24.3 Å². The van der Waals surface area contributed by atoms with Gasteiger partial charge in [-0.3, -0.25) is 4.99 Å². The van der Waals surface area contributed by atoms with E-state index in [2.05, 4.69) is 20.4 Å². The number of hydrogen-bond donors (Lipinski definition) is 2. The summed E-state index contributed by atoms with van der Waals surface area (Å²) in [7, 11) is 3.23. The van der Waals surface area contributed by atoms with Crippen molar-refractivity contribution < 1.29 is 23.0 Å². The summed E-state index contributed by atoms with van der Waals surface area (Å²) in [5, 5.41) is 6.26. The molecule has 2 aromatic rings. The van der Waals surface area contributed by atoms with Crippen LogP contribution in [0.15, 0.2) is 47.5 Å². The Morgan fingerprint density at radius 3 is 2.41 bits per heavy atom. The van der Waals surface area contributed by atoms with Crippen LogP contribution >= 0.6 is 24.0 Å². The van der Waals surface area contributed by atoms with Gasteiger partial charge in [-0.25, -0.2) is 0 Å². The van der Waals surface area contributed by atoms with Crippen LogP contribution in [0.25, 0.3) is 0 Å². The summed E-state index contributed by atoms with van der Waals surface area (Å²) in [5.41, 5.74) is 1.58. The van der Waals surface area contributed by atoms with E-state index in [1.165, 1.54) is 6.07 Å². The molecule has 0 bridgehead atoms. The Balaban J connectivity index is 0.00000420. The number of halogens is 3. The summed E-state index contributed by atoms with van der Waals surface area (Å²) in [6.07, 6.45) is 0. The highest BCUT2D eigenvalue weighted by molar-refractivity contribution is 14.0. The average Bonchev–Trinajstić information content (AvgIpc) is 2.69. The summed E-state index contributed by atoms with van der Waals surface area (Å²) in [6, 6.07) is 12.3. The lowest BCUT2D eigenvalue weighted by molar-refractivity contribution is -0.0504. The summed E-state index contributed by atoms with van der Waals surface area (Å²) in [5.74, 6) is 2.01. The minimum Gasteiger partial charge on any atom is -0.493 e. The number of nitrogens with one attached hydrogen (secondary N) is 2. The third kappa shape index (κ3) is 7.92. The highest BCUT2D eigenvalue weighted by Crippen LogP contribution is 2.28. The van der Waals surface area contributed by atoms with Crippen LogP contribution in [0.5, 0.6) is 17.2 Å². The molecule has 2 N–H and O–H groups in total. The molecule has 0 amide bonds. The normalized spacial score (nSPS) is 10.9. The molecule has 0 aliphatic rings. The molecule has 0 saturated heterocycles. The number of rotatable bonds is 9. The van der Waals surface area contributed by atoms with Gasteiger partial charge in [-0.2, -0.15) is 8.78 Å². The first-order valence-corrected chi connectivity index (χ1v) is 8.84. The van der Waals surface area contributed by atoms with Gasteiger partial charge < -0.3 is 24.8 Å². The van der Waals surface area contributed by atoms with E-state index in [4.69, 9.17) is 9.47 Å². The first kappa shape index (κ1) is 24.7. The molecule has 160 valence electrons. The largest absolute Gasteiger partial charge is 0.493 e. The van der Waals surface area contributed by atoms with Crippen molar-refractivity contribution in [1.82, 2.24) is 10.6 Å². The van der Waals surface area contributed by atoms with E-state index >= 15 is 0 Å². The van der Waals surface area contributed by atoms with Crippen molar-refractivity contribution in [3.8, 4) is 17.2 Å². The zero-order chi connectivity index (χ0) is 20.4. The highest BCUT2D eigenvalue weighted by atomic mass is 127. The monoisotopic (exact) mass is 521 g/mol. The van der Waals surface area contributed by atoms with Crippen LogP contribution < -0.4 is 24.8 Å². The van der Waals surface area contributed by atoms with Crippen LogP contribution in [-0.4, -0.2) is 33.3 Å². The molecule has 9 heteroatoms. The Bertz CT molecular complexity index is 791. The molecule has 0 spiro atoms. The number of guanidine groups is 1. The third-order valence-corrected chi connectivity index (χ3v) is 3.85. The maximum Gasteiger partial charge on any atom is 0.387 e. The van der Waals surface area contributed by atoms with Gasteiger partial charge in [-0.05, 0) is 30.7 Å². The van der Waals surface area contributed by atoms with Gasteiger partial charge in [-0.15, -0.1) is 24.0 Å². The van der Waals surface area contributed by atoms with Crippen molar-refractivity contribution in [2.24, 2.45) is 4.99 Å². The van der Waals surface area contributed by atoms with Crippen molar-refractivity contribution in [3.63, 3.8) is 0 Å². The van der Waals surface area contributed by atoms with E-state index in [0.29, 0.717) is 36.2 Å². The van der Waals surface area contributed by atoms with Crippen molar-refractivity contribution in [3.05, 3.63) is 53.6 Å². The van der Waals surface area contributed by atoms with Gasteiger partial charge in [0, 0.05) is 25.7 Å². The molecule has 0 radical (unpaired) electrons. The number of aliphatic imine (C=N–C) groups is 1. The van der Waals surface area contributed by atoms with Gasteiger partial charge in [0.2, 0.25) is 0 Å². The first-order valence-electron chi connectivity index (χ1n) is 8.84. The second-order valence-electron chi connectivity index (χ2n) is 5.68. The second kappa shape index (κ2) is 13.0. The maximum atomic E-state index is 12.5. The Kier molecular flexibility index (Phi) is 11.1. The molecule has 0 aromatic heterocycles. The van der Waals surface area contributed by atoms with Crippen LogP contribution in [-0.2, 0) is 13.1 Å². The lowest BCUT2D eigenvalue weighted by Crippen LogP contribution is -2.36. The Hall–Kier alpha value is -2.30. The van der Waals surface area contributed by atoms with Crippen LogP contribution in [0.1, 0.15) is 18.1 Å². The number of para-hydroxylation sites is 1. The summed E-state index contributed by atoms with van der Waals surface area (Å²) in [6.45, 7) is 0.386. The van der Waals surface area contributed by atoms with Crippen molar-refractivity contribution in [2.75, 3.05) is 20.8 Å². The van der Waals surface area contributed by atoms with E-state index in [-0.39, 0.29) is 36.3 Å². The minimum atomic E-state index is -2.87.